The molecule has 1 aliphatic heterocycles. The van der Waals surface area contributed by atoms with Crippen LogP contribution in [0.2, 0.25) is 0 Å². The predicted octanol–water partition coefficient (Wildman–Crippen LogP) is 2.80. The Kier molecular flexibility index (Phi) is 4.19. The zero-order chi connectivity index (χ0) is 14.8. The first kappa shape index (κ1) is 14.4. The van der Waals surface area contributed by atoms with E-state index < -0.39 is 0 Å². The maximum atomic E-state index is 4.37. The largest absolute Gasteiger partial charge is 0.341 e. The summed E-state index contributed by atoms with van der Waals surface area (Å²) in [6, 6.07) is 0.405. The molecule has 3 heterocycles. The smallest absolute Gasteiger partial charge is 0.225 e. The van der Waals surface area contributed by atoms with Crippen LogP contribution >= 0.6 is 15.9 Å². The lowest BCUT2D eigenvalue weighted by molar-refractivity contribution is 0.446. The molecular formula is C14H19BrN6. The molecular weight excluding hydrogens is 332 g/mol. The molecule has 0 bridgehead atoms. The number of anilines is 1. The molecule has 0 aliphatic carbocycles. The van der Waals surface area contributed by atoms with Gasteiger partial charge in [0.2, 0.25) is 5.95 Å². The van der Waals surface area contributed by atoms with Gasteiger partial charge in [0.05, 0.1) is 4.47 Å². The summed E-state index contributed by atoms with van der Waals surface area (Å²) in [6.45, 7) is 6.24. The van der Waals surface area contributed by atoms with E-state index in [2.05, 4.69) is 59.4 Å². The summed E-state index contributed by atoms with van der Waals surface area (Å²) < 4.78 is 3.09. The first-order valence-corrected chi connectivity index (χ1v) is 8.06. The maximum absolute atomic E-state index is 4.37. The molecule has 0 atom stereocenters. The van der Waals surface area contributed by atoms with Gasteiger partial charge in [-0.2, -0.15) is 0 Å². The van der Waals surface area contributed by atoms with Gasteiger partial charge >= 0.3 is 0 Å². The van der Waals surface area contributed by atoms with Gasteiger partial charge in [-0.15, -0.1) is 10.2 Å². The Morgan fingerprint density at radius 3 is 2.48 bits per heavy atom. The second kappa shape index (κ2) is 6.09. The molecule has 7 heteroatoms. The molecule has 2 aromatic heterocycles. The van der Waals surface area contributed by atoms with Crippen LogP contribution in [0, 0.1) is 0 Å². The molecule has 0 amide bonds. The summed E-state index contributed by atoms with van der Waals surface area (Å²) in [5.41, 5.74) is 0. The quantitative estimate of drug-likeness (QED) is 0.851. The van der Waals surface area contributed by atoms with Gasteiger partial charge in [-0.1, -0.05) is 0 Å². The number of hydrogen-bond donors (Lipinski definition) is 0. The summed E-state index contributed by atoms with van der Waals surface area (Å²) in [7, 11) is 0. The molecule has 0 spiro atoms. The zero-order valence-corrected chi connectivity index (χ0v) is 13.9. The Morgan fingerprint density at radius 2 is 1.86 bits per heavy atom. The molecule has 1 saturated heterocycles. The van der Waals surface area contributed by atoms with Crippen molar-refractivity contribution in [2.45, 2.75) is 38.6 Å². The van der Waals surface area contributed by atoms with E-state index in [1.54, 1.807) is 12.4 Å². The predicted molar refractivity (Wildman–Crippen MR) is 84.3 cm³/mol. The van der Waals surface area contributed by atoms with E-state index >= 15 is 0 Å². The second-order valence-electron chi connectivity index (χ2n) is 5.65. The Morgan fingerprint density at radius 1 is 1.19 bits per heavy atom. The van der Waals surface area contributed by atoms with Crippen LogP contribution in [-0.4, -0.2) is 37.8 Å². The molecule has 2 aromatic rings. The van der Waals surface area contributed by atoms with Gasteiger partial charge < -0.3 is 9.47 Å². The van der Waals surface area contributed by atoms with Gasteiger partial charge in [-0.25, -0.2) is 9.97 Å². The van der Waals surface area contributed by atoms with Crippen molar-refractivity contribution in [2.75, 3.05) is 18.0 Å². The monoisotopic (exact) mass is 350 g/mol. The third-order valence-electron chi connectivity index (χ3n) is 3.91. The highest BCUT2D eigenvalue weighted by Crippen LogP contribution is 2.29. The lowest BCUT2D eigenvalue weighted by atomic mass is 9.96. The van der Waals surface area contributed by atoms with Crippen molar-refractivity contribution in [2.24, 2.45) is 0 Å². The fraction of sp³-hybridized carbons (Fsp3) is 0.571. The van der Waals surface area contributed by atoms with Crippen molar-refractivity contribution in [3.05, 3.63) is 29.0 Å². The Balaban J connectivity index is 1.67. The van der Waals surface area contributed by atoms with E-state index in [0.717, 1.165) is 42.2 Å². The van der Waals surface area contributed by atoms with Crippen molar-refractivity contribution >= 4 is 21.9 Å². The lowest BCUT2D eigenvalue weighted by Crippen LogP contribution is -2.34. The highest BCUT2D eigenvalue weighted by molar-refractivity contribution is 9.10. The first-order chi connectivity index (χ1) is 10.1. The molecule has 0 aromatic carbocycles. The number of halogens is 1. The fourth-order valence-electron chi connectivity index (χ4n) is 2.75. The molecule has 1 aliphatic rings. The van der Waals surface area contributed by atoms with E-state index in [0.29, 0.717) is 12.0 Å². The first-order valence-electron chi connectivity index (χ1n) is 7.27. The standard InChI is InChI=1S/C14H19BrN6/c1-10(2)21-9-18-19-13(21)11-3-5-20(6-4-11)14-16-7-12(15)8-17-14/h7-11H,3-6H2,1-2H3. The minimum Gasteiger partial charge on any atom is -0.341 e. The molecule has 3 rings (SSSR count). The van der Waals surface area contributed by atoms with Crippen molar-refractivity contribution in [1.82, 2.24) is 24.7 Å². The minimum atomic E-state index is 0.405. The van der Waals surface area contributed by atoms with E-state index in [1.165, 1.54) is 0 Å². The summed E-state index contributed by atoms with van der Waals surface area (Å²) in [5, 5.41) is 8.40. The molecule has 0 N–H and O–H groups in total. The number of nitrogens with zero attached hydrogens (tertiary/aromatic N) is 6. The van der Waals surface area contributed by atoms with Crippen LogP contribution in [0.1, 0.15) is 44.5 Å². The summed E-state index contributed by atoms with van der Waals surface area (Å²) in [4.78, 5) is 11.0. The van der Waals surface area contributed by atoms with Crippen molar-refractivity contribution in [3.8, 4) is 0 Å². The van der Waals surface area contributed by atoms with Crippen LogP contribution in [0.5, 0.6) is 0 Å². The lowest BCUT2D eigenvalue weighted by Gasteiger charge is -2.31. The van der Waals surface area contributed by atoms with Gasteiger partial charge in [0.25, 0.3) is 0 Å². The number of rotatable bonds is 3. The van der Waals surface area contributed by atoms with E-state index in [-0.39, 0.29) is 0 Å². The number of hydrogen-bond acceptors (Lipinski definition) is 5. The molecule has 1 fully saturated rings. The van der Waals surface area contributed by atoms with Crippen molar-refractivity contribution in [1.29, 1.82) is 0 Å². The Hall–Kier alpha value is -1.50. The molecule has 21 heavy (non-hydrogen) atoms. The van der Waals surface area contributed by atoms with Gasteiger partial charge in [-0.3, -0.25) is 0 Å². The SMILES string of the molecule is CC(C)n1cnnc1C1CCN(c2ncc(Br)cn2)CC1. The van der Waals surface area contributed by atoms with Gasteiger partial charge in [-0.05, 0) is 42.6 Å². The average molecular weight is 351 g/mol. The normalized spacial score (nSPS) is 16.7. The van der Waals surface area contributed by atoms with Crippen LogP contribution in [0.15, 0.2) is 23.2 Å². The van der Waals surface area contributed by atoms with Crippen molar-refractivity contribution in [3.63, 3.8) is 0 Å². The Bertz CT molecular complexity index is 586. The molecule has 0 radical (unpaired) electrons. The fourth-order valence-corrected chi connectivity index (χ4v) is 2.95. The van der Waals surface area contributed by atoms with Gasteiger partial charge in [0.1, 0.15) is 12.2 Å². The third kappa shape index (κ3) is 3.07. The number of aromatic nitrogens is 5. The minimum absolute atomic E-state index is 0.405. The van der Waals surface area contributed by atoms with E-state index in [4.69, 9.17) is 0 Å². The molecule has 112 valence electrons. The van der Waals surface area contributed by atoms with Crippen LogP contribution in [0.25, 0.3) is 0 Å². The third-order valence-corrected chi connectivity index (χ3v) is 4.32. The number of piperidine rings is 1. The summed E-state index contributed by atoms with van der Waals surface area (Å²) >= 11 is 3.37. The molecule has 0 unspecified atom stereocenters. The van der Waals surface area contributed by atoms with Gasteiger partial charge in [0, 0.05) is 37.4 Å². The maximum Gasteiger partial charge on any atom is 0.225 e. The van der Waals surface area contributed by atoms with E-state index in [1.807, 2.05) is 6.33 Å². The van der Waals surface area contributed by atoms with Crippen LogP contribution in [0.4, 0.5) is 5.95 Å². The van der Waals surface area contributed by atoms with Crippen molar-refractivity contribution < 1.29 is 0 Å². The van der Waals surface area contributed by atoms with Gasteiger partial charge in [0.15, 0.2) is 0 Å². The van der Waals surface area contributed by atoms with E-state index in [9.17, 15) is 0 Å². The average Bonchev–Trinajstić information content (AvgIpc) is 2.98. The van der Waals surface area contributed by atoms with Crippen LogP contribution < -0.4 is 4.90 Å². The topological polar surface area (TPSA) is 59.7 Å². The highest BCUT2D eigenvalue weighted by atomic mass is 79.9. The highest BCUT2D eigenvalue weighted by Gasteiger charge is 2.26. The van der Waals surface area contributed by atoms with Crippen LogP contribution in [0.3, 0.4) is 0 Å². The Labute approximate surface area is 132 Å². The molecule has 0 saturated carbocycles. The zero-order valence-electron chi connectivity index (χ0n) is 12.3. The molecule has 6 nitrogen and oxygen atoms in total. The summed E-state index contributed by atoms with van der Waals surface area (Å²) in [6.07, 6.45) is 7.55. The van der Waals surface area contributed by atoms with Crippen LogP contribution in [-0.2, 0) is 0 Å². The second-order valence-corrected chi connectivity index (χ2v) is 6.57. The summed E-state index contributed by atoms with van der Waals surface area (Å²) in [5.74, 6) is 2.39.